The predicted molar refractivity (Wildman–Crippen MR) is 31.2 cm³/mol. The summed E-state index contributed by atoms with van der Waals surface area (Å²) in [5, 5.41) is 0. The standard InChI is InChI=1S/C6H11N/c1-7(2)6-4-3-5-6/h3-4,6H,5H2,1-2H3. The van der Waals surface area contributed by atoms with Crippen molar-refractivity contribution < 1.29 is 0 Å². The van der Waals surface area contributed by atoms with Crippen LogP contribution < -0.4 is 0 Å². The Labute approximate surface area is 44.6 Å². The number of nitrogens with zero attached hydrogens (tertiary/aromatic N) is 1. The van der Waals surface area contributed by atoms with E-state index in [1.54, 1.807) is 0 Å². The van der Waals surface area contributed by atoms with Gasteiger partial charge in [0.25, 0.3) is 0 Å². The van der Waals surface area contributed by atoms with Crippen LogP contribution in [0.3, 0.4) is 0 Å². The lowest BCUT2D eigenvalue weighted by molar-refractivity contribution is 0.327. The third-order valence-electron chi connectivity index (χ3n) is 1.40. The minimum atomic E-state index is 0.736. The van der Waals surface area contributed by atoms with E-state index in [-0.39, 0.29) is 0 Å². The van der Waals surface area contributed by atoms with Crippen LogP contribution in [0.15, 0.2) is 12.2 Å². The highest BCUT2D eigenvalue weighted by Crippen LogP contribution is 2.11. The topological polar surface area (TPSA) is 3.24 Å². The van der Waals surface area contributed by atoms with Gasteiger partial charge in [-0.15, -0.1) is 0 Å². The zero-order valence-corrected chi connectivity index (χ0v) is 4.89. The highest BCUT2D eigenvalue weighted by molar-refractivity contribution is 5.06. The van der Waals surface area contributed by atoms with Crippen molar-refractivity contribution in [3.63, 3.8) is 0 Å². The largest absolute Gasteiger partial charge is 0.303 e. The summed E-state index contributed by atoms with van der Waals surface area (Å²) in [4.78, 5) is 2.22. The molecule has 0 saturated heterocycles. The van der Waals surface area contributed by atoms with Crippen LogP contribution in [-0.2, 0) is 0 Å². The van der Waals surface area contributed by atoms with E-state index < -0.39 is 0 Å². The molecule has 0 aromatic heterocycles. The van der Waals surface area contributed by atoms with Gasteiger partial charge in [-0.25, -0.2) is 0 Å². The molecular formula is C6H11N. The third kappa shape index (κ3) is 0.829. The molecule has 0 heterocycles. The molecular weight excluding hydrogens is 86.1 g/mol. The molecule has 1 aliphatic rings. The zero-order chi connectivity index (χ0) is 5.28. The lowest BCUT2D eigenvalue weighted by Gasteiger charge is -2.24. The second-order valence-electron chi connectivity index (χ2n) is 2.19. The van der Waals surface area contributed by atoms with Crippen molar-refractivity contribution in [1.82, 2.24) is 4.90 Å². The molecule has 1 heteroatoms. The molecule has 0 N–H and O–H groups in total. The Morgan fingerprint density at radius 3 is 2.14 bits per heavy atom. The molecule has 0 bridgehead atoms. The first-order valence-corrected chi connectivity index (χ1v) is 2.64. The van der Waals surface area contributed by atoms with Gasteiger partial charge < -0.3 is 4.90 Å². The molecule has 0 fully saturated rings. The SMILES string of the molecule is CN(C)C1C=CC1. The lowest BCUT2D eigenvalue weighted by Crippen LogP contribution is -2.29. The number of likely N-dealkylation sites (N-methyl/N-ethyl adjacent to an activating group) is 1. The van der Waals surface area contributed by atoms with Crippen LogP contribution in [0.2, 0.25) is 0 Å². The first kappa shape index (κ1) is 4.85. The summed E-state index contributed by atoms with van der Waals surface area (Å²) in [6.07, 6.45) is 5.66. The molecule has 1 unspecified atom stereocenters. The second-order valence-corrected chi connectivity index (χ2v) is 2.19. The minimum absolute atomic E-state index is 0.736. The molecule has 1 atom stereocenters. The molecule has 1 aliphatic carbocycles. The van der Waals surface area contributed by atoms with Crippen molar-refractivity contribution in [3.8, 4) is 0 Å². The Bertz CT molecular complexity index is 84.2. The molecule has 1 nitrogen and oxygen atoms in total. The maximum Gasteiger partial charge on any atom is 0.0306 e. The first-order valence-electron chi connectivity index (χ1n) is 2.64. The van der Waals surface area contributed by atoms with Gasteiger partial charge in [0.15, 0.2) is 0 Å². The van der Waals surface area contributed by atoms with Crippen molar-refractivity contribution in [1.29, 1.82) is 0 Å². The summed E-state index contributed by atoms with van der Waals surface area (Å²) in [5.74, 6) is 0. The van der Waals surface area contributed by atoms with Crippen LogP contribution in [0.1, 0.15) is 6.42 Å². The van der Waals surface area contributed by atoms with Gasteiger partial charge in [-0.3, -0.25) is 0 Å². The Hall–Kier alpha value is -0.300. The molecule has 0 amide bonds. The molecule has 1 rings (SSSR count). The lowest BCUT2D eigenvalue weighted by atomic mass is 10.0. The quantitative estimate of drug-likeness (QED) is 0.439. The maximum atomic E-state index is 2.22. The van der Waals surface area contributed by atoms with Crippen LogP contribution >= 0.6 is 0 Å². The third-order valence-corrected chi connectivity index (χ3v) is 1.40. The van der Waals surface area contributed by atoms with Gasteiger partial charge in [0.05, 0.1) is 0 Å². The molecule has 0 aromatic carbocycles. The molecule has 0 aliphatic heterocycles. The highest BCUT2D eigenvalue weighted by atomic mass is 15.1. The summed E-state index contributed by atoms with van der Waals surface area (Å²) in [6.45, 7) is 0. The molecule has 40 valence electrons. The molecule has 0 radical (unpaired) electrons. The van der Waals surface area contributed by atoms with Crippen molar-refractivity contribution >= 4 is 0 Å². The van der Waals surface area contributed by atoms with Crippen molar-refractivity contribution in [2.24, 2.45) is 0 Å². The maximum absolute atomic E-state index is 2.22. The predicted octanol–water partition coefficient (Wildman–Crippen LogP) is 0.876. The van der Waals surface area contributed by atoms with Crippen molar-refractivity contribution in [2.75, 3.05) is 14.1 Å². The summed E-state index contributed by atoms with van der Waals surface area (Å²) in [6, 6.07) is 0.736. The van der Waals surface area contributed by atoms with E-state index in [4.69, 9.17) is 0 Å². The van der Waals surface area contributed by atoms with E-state index in [9.17, 15) is 0 Å². The van der Waals surface area contributed by atoms with E-state index in [2.05, 4.69) is 31.1 Å². The Balaban J connectivity index is 2.29. The van der Waals surface area contributed by atoms with E-state index in [1.807, 2.05) is 0 Å². The van der Waals surface area contributed by atoms with Gasteiger partial charge in [0, 0.05) is 6.04 Å². The average molecular weight is 97.2 g/mol. The smallest absolute Gasteiger partial charge is 0.0306 e. The van der Waals surface area contributed by atoms with E-state index in [0.717, 1.165) is 6.04 Å². The zero-order valence-electron chi connectivity index (χ0n) is 4.89. The number of hydrogen-bond donors (Lipinski definition) is 0. The van der Waals surface area contributed by atoms with Crippen molar-refractivity contribution in [3.05, 3.63) is 12.2 Å². The van der Waals surface area contributed by atoms with E-state index in [0.29, 0.717) is 0 Å². The summed E-state index contributed by atoms with van der Waals surface area (Å²) in [5.41, 5.74) is 0. The number of rotatable bonds is 1. The Morgan fingerprint density at radius 2 is 2.14 bits per heavy atom. The average Bonchev–Trinajstić information content (AvgIpc) is 1.23. The molecule has 7 heavy (non-hydrogen) atoms. The summed E-state index contributed by atoms with van der Waals surface area (Å²) in [7, 11) is 4.21. The number of hydrogen-bond acceptors (Lipinski definition) is 1. The fraction of sp³-hybridized carbons (Fsp3) is 0.667. The van der Waals surface area contributed by atoms with Crippen LogP contribution in [0.4, 0.5) is 0 Å². The van der Waals surface area contributed by atoms with Gasteiger partial charge >= 0.3 is 0 Å². The Morgan fingerprint density at radius 1 is 1.57 bits per heavy atom. The Kier molecular flexibility index (Phi) is 1.15. The van der Waals surface area contributed by atoms with Crippen LogP contribution in [0.5, 0.6) is 0 Å². The molecule has 0 saturated carbocycles. The summed E-state index contributed by atoms with van der Waals surface area (Å²) >= 11 is 0. The van der Waals surface area contributed by atoms with E-state index in [1.165, 1.54) is 6.42 Å². The van der Waals surface area contributed by atoms with Gasteiger partial charge in [-0.1, -0.05) is 12.2 Å². The normalized spacial score (nSPS) is 28.1. The molecule has 0 spiro atoms. The molecule has 0 aromatic rings. The summed E-state index contributed by atoms with van der Waals surface area (Å²) < 4.78 is 0. The van der Waals surface area contributed by atoms with Gasteiger partial charge in [0.2, 0.25) is 0 Å². The van der Waals surface area contributed by atoms with Crippen LogP contribution in [0, 0.1) is 0 Å². The van der Waals surface area contributed by atoms with E-state index >= 15 is 0 Å². The fourth-order valence-corrected chi connectivity index (χ4v) is 0.641. The minimum Gasteiger partial charge on any atom is -0.303 e. The monoisotopic (exact) mass is 97.1 g/mol. The van der Waals surface area contributed by atoms with Gasteiger partial charge in [0.1, 0.15) is 0 Å². The fourth-order valence-electron chi connectivity index (χ4n) is 0.641. The highest BCUT2D eigenvalue weighted by Gasteiger charge is 2.10. The van der Waals surface area contributed by atoms with Crippen LogP contribution in [0.25, 0.3) is 0 Å². The first-order chi connectivity index (χ1) is 3.30. The van der Waals surface area contributed by atoms with Gasteiger partial charge in [-0.2, -0.15) is 0 Å². The van der Waals surface area contributed by atoms with Crippen molar-refractivity contribution in [2.45, 2.75) is 12.5 Å². The van der Waals surface area contributed by atoms with Gasteiger partial charge in [-0.05, 0) is 20.5 Å². The second kappa shape index (κ2) is 1.66. The van der Waals surface area contributed by atoms with Crippen LogP contribution in [-0.4, -0.2) is 25.0 Å².